The summed E-state index contributed by atoms with van der Waals surface area (Å²) in [7, 11) is 0. The first-order valence-electron chi connectivity index (χ1n) is 7.76. The Balaban J connectivity index is 1.94. The number of phenolic OH excluding ortho intramolecular Hbond substituents is 2. The summed E-state index contributed by atoms with van der Waals surface area (Å²) in [6.45, 7) is 0. The summed E-state index contributed by atoms with van der Waals surface area (Å²) >= 11 is 0. The Morgan fingerprint density at radius 3 is 2.28 bits per heavy atom. The fraction of sp³-hybridized carbons (Fsp3) is 0. The van der Waals surface area contributed by atoms with Gasteiger partial charge in [0.2, 0.25) is 0 Å². The highest BCUT2D eigenvalue weighted by molar-refractivity contribution is 6.21. The molecule has 5 aromatic rings. The van der Waals surface area contributed by atoms with Gasteiger partial charge in [-0.1, -0.05) is 0 Å². The molecule has 3 N–H and O–H groups in total. The molecule has 5 rings (SSSR count). The third-order valence-corrected chi connectivity index (χ3v) is 4.30. The first-order chi connectivity index (χ1) is 12.2. The Morgan fingerprint density at radius 2 is 1.52 bits per heavy atom. The number of pyridine rings is 2. The van der Waals surface area contributed by atoms with E-state index in [0.29, 0.717) is 11.4 Å². The smallest absolute Gasteiger partial charge is 0.142 e. The maximum absolute atomic E-state index is 10.2. The number of nitrogens with zero attached hydrogens (tertiary/aromatic N) is 3. The van der Waals surface area contributed by atoms with Gasteiger partial charge in [-0.05, 0) is 36.4 Å². The number of phenols is 2. The van der Waals surface area contributed by atoms with Crippen molar-refractivity contribution in [3.05, 3.63) is 54.9 Å². The van der Waals surface area contributed by atoms with Gasteiger partial charge in [0.15, 0.2) is 0 Å². The van der Waals surface area contributed by atoms with Crippen molar-refractivity contribution in [3.8, 4) is 22.9 Å². The van der Waals surface area contributed by atoms with Crippen LogP contribution in [0.2, 0.25) is 0 Å². The van der Waals surface area contributed by atoms with E-state index in [9.17, 15) is 10.2 Å². The predicted octanol–water partition coefficient (Wildman–Crippen LogP) is 3.74. The number of hydrogen-bond acceptors (Lipinski definition) is 5. The number of aromatic hydroxyl groups is 2. The summed E-state index contributed by atoms with van der Waals surface area (Å²) in [5.41, 5.74) is 3.72. The zero-order valence-electron chi connectivity index (χ0n) is 12.9. The molecular weight excluding hydrogens is 316 g/mol. The number of imidazole rings is 1. The Hall–Kier alpha value is -3.67. The quantitative estimate of drug-likeness (QED) is 0.407. The SMILES string of the molecule is Oc1ccc(-c2nc3c4cccnc4c4ncccc4c3[nH]2)c(O)c1. The monoisotopic (exact) mass is 328 g/mol. The zero-order valence-corrected chi connectivity index (χ0v) is 12.9. The lowest BCUT2D eigenvalue weighted by molar-refractivity contribution is 0.451. The Morgan fingerprint density at radius 1 is 0.800 bits per heavy atom. The average Bonchev–Trinajstić information content (AvgIpc) is 3.07. The molecule has 2 aromatic carbocycles. The minimum Gasteiger partial charge on any atom is -0.508 e. The molecule has 0 radical (unpaired) electrons. The topological polar surface area (TPSA) is 94.9 Å². The molecule has 0 saturated carbocycles. The van der Waals surface area contributed by atoms with Crippen LogP contribution < -0.4 is 0 Å². The van der Waals surface area contributed by atoms with Crippen LogP contribution in [0.3, 0.4) is 0 Å². The molecule has 0 spiro atoms. The van der Waals surface area contributed by atoms with Crippen LogP contribution in [0.25, 0.3) is 44.2 Å². The second-order valence-corrected chi connectivity index (χ2v) is 5.81. The van der Waals surface area contributed by atoms with Crippen LogP contribution in [0, 0.1) is 0 Å². The molecule has 0 unspecified atom stereocenters. The number of rotatable bonds is 1. The van der Waals surface area contributed by atoms with Gasteiger partial charge in [-0.3, -0.25) is 9.97 Å². The first kappa shape index (κ1) is 13.7. The highest BCUT2D eigenvalue weighted by atomic mass is 16.3. The Kier molecular flexibility index (Phi) is 2.70. The van der Waals surface area contributed by atoms with Crippen molar-refractivity contribution in [2.75, 3.05) is 0 Å². The maximum Gasteiger partial charge on any atom is 0.142 e. The average molecular weight is 328 g/mol. The second kappa shape index (κ2) is 4.91. The molecule has 0 aliphatic carbocycles. The van der Waals surface area contributed by atoms with Gasteiger partial charge in [0.1, 0.15) is 17.3 Å². The molecule has 3 aromatic heterocycles. The first-order valence-corrected chi connectivity index (χ1v) is 7.76. The van der Waals surface area contributed by atoms with Gasteiger partial charge in [-0.2, -0.15) is 0 Å². The number of aromatic amines is 1. The summed E-state index contributed by atoms with van der Waals surface area (Å²) in [4.78, 5) is 16.9. The normalized spacial score (nSPS) is 11.5. The zero-order chi connectivity index (χ0) is 17.0. The van der Waals surface area contributed by atoms with E-state index in [4.69, 9.17) is 0 Å². The summed E-state index contributed by atoms with van der Waals surface area (Å²) < 4.78 is 0. The molecule has 120 valence electrons. The van der Waals surface area contributed by atoms with E-state index in [1.165, 1.54) is 12.1 Å². The van der Waals surface area contributed by atoms with Gasteiger partial charge in [-0.25, -0.2) is 4.98 Å². The molecule has 0 atom stereocenters. The van der Waals surface area contributed by atoms with Crippen molar-refractivity contribution in [2.45, 2.75) is 0 Å². The molecule has 0 saturated heterocycles. The van der Waals surface area contributed by atoms with Gasteiger partial charge in [0.05, 0.1) is 27.6 Å². The lowest BCUT2D eigenvalue weighted by atomic mass is 10.1. The van der Waals surface area contributed by atoms with Crippen LogP contribution in [0.4, 0.5) is 0 Å². The predicted molar refractivity (Wildman–Crippen MR) is 95.5 cm³/mol. The van der Waals surface area contributed by atoms with Gasteiger partial charge in [0.25, 0.3) is 0 Å². The minimum atomic E-state index is -0.0380. The second-order valence-electron chi connectivity index (χ2n) is 5.81. The molecule has 0 bridgehead atoms. The molecular formula is C19H12N4O2. The van der Waals surface area contributed by atoms with Crippen LogP contribution in [-0.2, 0) is 0 Å². The molecule has 0 aliphatic rings. The molecule has 0 fully saturated rings. The maximum atomic E-state index is 10.2. The van der Waals surface area contributed by atoms with E-state index in [2.05, 4.69) is 19.9 Å². The van der Waals surface area contributed by atoms with E-state index >= 15 is 0 Å². The summed E-state index contributed by atoms with van der Waals surface area (Å²) in [5.74, 6) is 0.486. The Bertz CT molecular complexity index is 1200. The van der Waals surface area contributed by atoms with Gasteiger partial charge in [0, 0.05) is 29.2 Å². The van der Waals surface area contributed by atoms with Crippen LogP contribution >= 0.6 is 0 Å². The fourth-order valence-electron chi connectivity index (χ4n) is 3.19. The third kappa shape index (κ3) is 1.94. The van der Waals surface area contributed by atoms with Crippen LogP contribution in [0.5, 0.6) is 11.5 Å². The standard InChI is InChI=1S/C19H12N4O2/c24-10-5-6-11(14(25)9-10)19-22-17-12-3-1-7-20-15(12)16-13(18(17)23-19)4-2-8-21-16/h1-9,24-25H,(H,22,23). The number of benzene rings is 2. The lowest BCUT2D eigenvalue weighted by Crippen LogP contribution is -1.86. The molecule has 6 nitrogen and oxygen atoms in total. The van der Waals surface area contributed by atoms with Crippen LogP contribution in [0.15, 0.2) is 54.9 Å². The van der Waals surface area contributed by atoms with Crippen molar-refractivity contribution in [2.24, 2.45) is 0 Å². The molecule has 6 heteroatoms. The largest absolute Gasteiger partial charge is 0.508 e. The number of nitrogens with one attached hydrogen (secondary N) is 1. The number of fused-ring (bicyclic) bond motifs is 6. The van der Waals surface area contributed by atoms with Crippen molar-refractivity contribution in [1.29, 1.82) is 0 Å². The van der Waals surface area contributed by atoms with Gasteiger partial charge >= 0.3 is 0 Å². The van der Waals surface area contributed by atoms with E-state index in [1.54, 1.807) is 18.5 Å². The fourth-order valence-corrected chi connectivity index (χ4v) is 3.19. The highest BCUT2D eigenvalue weighted by Gasteiger charge is 2.16. The summed E-state index contributed by atoms with van der Waals surface area (Å²) in [5, 5.41) is 21.5. The molecule has 25 heavy (non-hydrogen) atoms. The lowest BCUT2D eigenvalue weighted by Gasteiger charge is -2.03. The van der Waals surface area contributed by atoms with E-state index < -0.39 is 0 Å². The van der Waals surface area contributed by atoms with E-state index in [-0.39, 0.29) is 11.5 Å². The van der Waals surface area contributed by atoms with Gasteiger partial charge in [-0.15, -0.1) is 0 Å². The van der Waals surface area contributed by atoms with Crippen molar-refractivity contribution < 1.29 is 10.2 Å². The number of hydrogen-bond donors (Lipinski definition) is 3. The van der Waals surface area contributed by atoms with Crippen molar-refractivity contribution >= 4 is 32.8 Å². The number of H-pyrrole nitrogens is 1. The van der Waals surface area contributed by atoms with Gasteiger partial charge < -0.3 is 15.2 Å². The highest BCUT2D eigenvalue weighted by Crippen LogP contribution is 2.36. The van der Waals surface area contributed by atoms with Crippen molar-refractivity contribution in [3.63, 3.8) is 0 Å². The van der Waals surface area contributed by atoms with Crippen LogP contribution in [-0.4, -0.2) is 30.1 Å². The van der Waals surface area contributed by atoms with Crippen molar-refractivity contribution in [1.82, 2.24) is 19.9 Å². The molecule has 0 aliphatic heterocycles. The third-order valence-electron chi connectivity index (χ3n) is 4.30. The minimum absolute atomic E-state index is 0.00154. The molecule has 3 heterocycles. The summed E-state index contributed by atoms with van der Waals surface area (Å²) in [6.07, 6.45) is 3.48. The van der Waals surface area contributed by atoms with E-state index in [0.717, 1.165) is 32.8 Å². The number of aromatic nitrogens is 4. The Labute approximate surface area is 141 Å². The van der Waals surface area contributed by atoms with Crippen LogP contribution in [0.1, 0.15) is 0 Å². The van der Waals surface area contributed by atoms with E-state index in [1.807, 2.05) is 24.3 Å². The molecule has 0 amide bonds. The summed E-state index contributed by atoms with van der Waals surface area (Å²) in [6, 6.07) is 12.1.